The molecule has 0 unspecified atom stereocenters. The summed E-state index contributed by atoms with van der Waals surface area (Å²) < 4.78 is 6.37. The van der Waals surface area contributed by atoms with Crippen molar-refractivity contribution in [3.8, 4) is 5.75 Å². The molecule has 0 saturated carbocycles. The molecule has 0 bridgehead atoms. The second-order valence-corrected chi connectivity index (χ2v) is 6.13. The first-order chi connectivity index (χ1) is 13.4. The highest BCUT2D eigenvalue weighted by Crippen LogP contribution is 2.31. The standard InChI is InChI=1S/C19H18N4O5/c1-3-12(2)28-17-13(7-6-10-16(17)23(26)27)11-20-22-18(24)14-8-4-5-9-15(14)21-19(22)25/h4-12H,3H2,1-2H3,(H,21,25)/t12-/m1/s1. The number of nitro groups is 1. The minimum Gasteiger partial charge on any atom is -0.483 e. The van der Waals surface area contributed by atoms with E-state index in [1.165, 1.54) is 18.3 Å². The Kier molecular flexibility index (Phi) is 5.35. The van der Waals surface area contributed by atoms with Crippen molar-refractivity contribution in [2.75, 3.05) is 0 Å². The number of nitro benzene ring substituents is 1. The van der Waals surface area contributed by atoms with E-state index < -0.39 is 16.2 Å². The third-order valence-corrected chi connectivity index (χ3v) is 4.21. The van der Waals surface area contributed by atoms with Crippen molar-refractivity contribution in [2.45, 2.75) is 26.4 Å². The summed E-state index contributed by atoms with van der Waals surface area (Å²) in [4.78, 5) is 38.1. The fourth-order valence-electron chi connectivity index (χ4n) is 2.58. The Morgan fingerprint density at radius 3 is 2.71 bits per heavy atom. The molecule has 3 rings (SSSR count). The largest absolute Gasteiger partial charge is 0.483 e. The van der Waals surface area contributed by atoms with Gasteiger partial charge < -0.3 is 9.72 Å². The highest BCUT2D eigenvalue weighted by molar-refractivity contribution is 5.86. The molecule has 1 atom stereocenters. The predicted molar refractivity (Wildman–Crippen MR) is 105 cm³/mol. The molecule has 1 N–H and O–H groups in total. The van der Waals surface area contributed by atoms with Gasteiger partial charge in [0.05, 0.1) is 28.1 Å². The smallest absolute Gasteiger partial charge is 0.349 e. The summed E-state index contributed by atoms with van der Waals surface area (Å²) >= 11 is 0. The van der Waals surface area contributed by atoms with Crippen molar-refractivity contribution in [3.63, 3.8) is 0 Å². The lowest BCUT2D eigenvalue weighted by Crippen LogP contribution is -2.32. The molecule has 0 amide bonds. The first-order valence-corrected chi connectivity index (χ1v) is 8.64. The molecular weight excluding hydrogens is 364 g/mol. The first kappa shape index (κ1) is 19.0. The topological polar surface area (TPSA) is 120 Å². The number of fused-ring (bicyclic) bond motifs is 1. The van der Waals surface area contributed by atoms with E-state index in [4.69, 9.17) is 4.74 Å². The van der Waals surface area contributed by atoms with Crippen LogP contribution >= 0.6 is 0 Å². The second-order valence-electron chi connectivity index (χ2n) is 6.13. The van der Waals surface area contributed by atoms with Crippen LogP contribution in [-0.2, 0) is 0 Å². The third kappa shape index (κ3) is 3.68. The third-order valence-electron chi connectivity index (χ3n) is 4.21. The summed E-state index contributed by atoms with van der Waals surface area (Å²) in [5, 5.41) is 15.6. The molecule has 2 aromatic carbocycles. The number of para-hydroxylation sites is 2. The lowest BCUT2D eigenvalue weighted by molar-refractivity contribution is -0.386. The van der Waals surface area contributed by atoms with Crippen molar-refractivity contribution in [1.82, 2.24) is 9.66 Å². The molecule has 0 aliphatic heterocycles. The van der Waals surface area contributed by atoms with Crippen LogP contribution < -0.4 is 16.0 Å². The average Bonchev–Trinajstić information content (AvgIpc) is 2.68. The minimum absolute atomic E-state index is 0.0378. The maximum absolute atomic E-state index is 12.5. The Morgan fingerprint density at radius 2 is 2.00 bits per heavy atom. The van der Waals surface area contributed by atoms with Crippen LogP contribution in [-0.4, -0.2) is 26.9 Å². The molecule has 1 aromatic heterocycles. The lowest BCUT2D eigenvalue weighted by atomic mass is 10.2. The van der Waals surface area contributed by atoms with Crippen LogP contribution in [0.15, 0.2) is 57.2 Å². The summed E-state index contributed by atoms with van der Waals surface area (Å²) in [5.74, 6) is 0.0378. The van der Waals surface area contributed by atoms with Gasteiger partial charge in [-0.3, -0.25) is 14.9 Å². The Morgan fingerprint density at radius 1 is 1.25 bits per heavy atom. The van der Waals surface area contributed by atoms with Gasteiger partial charge in [-0.15, -0.1) is 4.68 Å². The molecule has 144 valence electrons. The van der Waals surface area contributed by atoms with Crippen LogP contribution in [0.5, 0.6) is 5.75 Å². The quantitative estimate of drug-likeness (QED) is 0.399. The molecule has 9 heteroatoms. The van der Waals surface area contributed by atoms with Crippen LogP contribution in [0.25, 0.3) is 10.9 Å². The zero-order valence-corrected chi connectivity index (χ0v) is 15.3. The summed E-state index contributed by atoms with van der Waals surface area (Å²) in [6.45, 7) is 3.68. The molecule has 0 aliphatic carbocycles. The van der Waals surface area contributed by atoms with Gasteiger partial charge in [0.15, 0.2) is 0 Å². The van der Waals surface area contributed by atoms with E-state index in [1.54, 1.807) is 37.3 Å². The molecular formula is C19H18N4O5. The van der Waals surface area contributed by atoms with E-state index >= 15 is 0 Å². The van der Waals surface area contributed by atoms with Gasteiger partial charge in [0.1, 0.15) is 0 Å². The van der Waals surface area contributed by atoms with E-state index in [1.807, 2.05) is 6.92 Å². The molecule has 0 fully saturated rings. The summed E-state index contributed by atoms with van der Waals surface area (Å²) in [5.41, 5.74) is -0.835. The molecule has 1 heterocycles. The van der Waals surface area contributed by atoms with E-state index in [9.17, 15) is 19.7 Å². The molecule has 0 radical (unpaired) electrons. The van der Waals surface area contributed by atoms with Crippen LogP contribution in [0.2, 0.25) is 0 Å². The average molecular weight is 382 g/mol. The Bertz CT molecular complexity index is 1180. The zero-order chi connectivity index (χ0) is 20.3. The number of H-pyrrole nitrogens is 1. The number of rotatable bonds is 6. The molecule has 0 aliphatic rings. The monoisotopic (exact) mass is 382 g/mol. The molecule has 0 saturated heterocycles. The van der Waals surface area contributed by atoms with Gasteiger partial charge >= 0.3 is 11.4 Å². The first-order valence-electron chi connectivity index (χ1n) is 8.64. The number of ether oxygens (including phenoxy) is 1. The second kappa shape index (κ2) is 7.87. The Labute approximate surface area is 159 Å². The normalized spacial score (nSPS) is 12.4. The van der Waals surface area contributed by atoms with Crippen molar-refractivity contribution in [3.05, 3.63) is 79.0 Å². The molecule has 28 heavy (non-hydrogen) atoms. The highest BCUT2D eigenvalue weighted by atomic mass is 16.6. The number of aromatic amines is 1. The van der Waals surface area contributed by atoms with Gasteiger partial charge in [0.25, 0.3) is 5.56 Å². The van der Waals surface area contributed by atoms with E-state index in [0.717, 1.165) is 0 Å². The van der Waals surface area contributed by atoms with Crippen molar-refractivity contribution in [2.24, 2.45) is 5.10 Å². The number of hydrogen-bond donors (Lipinski definition) is 1. The van der Waals surface area contributed by atoms with Crippen LogP contribution in [0.3, 0.4) is 0 Å². The molecule has 0 spiro atoms. The summed E-state index contributed by atoms with van der Waals surface area (Å²) in [6, 6.07) is 10.9. The Balaban J connectivity index is 2.12. The maximum atomic E-state index is 12.5. The van der Waals surface area contributed by atoms with Crippen molar-refractivity contribution >= 4 is 22.8 Å². The highest BCUT2D eigenvalue weighted by Gasteiger charge is 2.20. The van der Waals surface area contributed by atoms with E-state index in [2.05, 4.69) is 10.1 Å². The van der Waals surface area contributed by atoms with E-state index in [-0.39, 0.29) is 23.1 Å². The van der Waals surface area contributed by atoms with Crippen molar-refractivity contribution in [1.29, 1.82) is 0 Å². The summed E-state index contributed by atoms with van der Waals surface area (Å²) in [7, 11) is 0. The van der Waals surface area contributed by atoms with Gasteiger partial charge in [0.2, 0.25) is 5.75 Å². The number of nitrogens with one attached hydrogen (secondary N) is 1. The zero-order valence-electron chi connectivity index (χ0n) is 15.3. The minimum atomic E-state index is -0.713. The van der Waals surface area contributed by atoms with Gasteiger partial charge in [-0.2, -0.15) is 5.10 Å². The predicted octanol–water partition coefficient (Wildman–Crippen LogP) is 2.66. The van der Waals surface area contributed by atoms with Gasteiger partial charge in [0, 0.05) is 11.6 Å². The Hall–Kier alpha value is -3.75. The lowest BCUT2D eigenvalue weighted by Gasteiger charge is -2.14. The summed E-state index contributed by atoms with van der Waals surface area (Å²) in [6.07, 6.45) is 1.59. The number of hydrogen-bond acceptors (Lipinski definition) is 6. The number of benzene rings is 2. The SMILES string of the molecule is CC[C@@H](C)Oc1c(C=Nn2c(=O)[nH]c3ccccc3c2=O)cccc1[N+](=O)[O-]. The number of aromatic nitrogens is 2. The van der Waals surface area contributed by atoms with Gasteiger partial charge in [-0.25, -0.2) is 4.79 Å². The number of nitrogens with zero attached hydrogens (tertiary/aromatic N) is 3. The van der Waals surface area contributed by atoms with Crippen molar-refractivity contribution < 1.29 is 9.66 Å². The van der Waals surface area contributed by atoms with Crippen LogP contribution in [0, 0.1) is 10.1 Å². The van der Waals surface area contributed by atoms with Crippen LogP contribution in [0.4, 0.5) is 5.69 Å². The van der Waals surface area contributed by atoms with Gasteiger partial charge in [-0.1, -0.05) is 25.1 Å². The van der Waals surface area contributed by atoms with Crippen LogP contribution in [0.1, 0.15) is 25.8 Å². The van der Waals surface area contributed by atoms with E-state index in [0.29, 0.717) is 22.0 Å². The fraction of sp³-hybridized carbons (Fsp3) is 0.211. The van der Waals surface area contributed by atoms with Gasteiger partial charge in [-0.05, 0) is 31.5 Å². The fourth-order valence-corrected chi connectivity index (χ4v) is 2.58. The molecule has 3 aromatic rings. The molecule has 9 nitrogen and oxygen atoms in total. The maximum Gasteiger partial charge on any atom is 0.349 e.